The zero-order valence-corrected chi connectivity index (χ0v) is 11.8. The summed E-state index contributed by atoms with van der Waals surface area (Å²) in [5.74, 6) is -0.313. The molecule has 3 nitrogen and oxygen atoms in total. The Morgan fingerprint density at radius 2 is 2.14 bits per heavy atom. The van der Waals surface area contributed by atoms with Gasteiger partial charge in [0.25, 0.3) is 0 Å². The molecule has 1 aromatic carbocycles. The largest absolute Gasteiger partial charge is 0.462 e. The predicted molar refractivity (Wildman–Crippen MR) is 77.6 cm³/mol. The van der Waals surface area contributed by atoms with Gasteiger partial charge in [0.1, 0.15) is 5.82 Å². The summed E-state index contributed by atoms with van der Waals surface area (Å²) >= 11 is 0. The van der Waals surface area contributed by atoms with Crippen molar-refractivity contribution in [1.82, 2.24) is 4.98 Å². The third-order valence-corrected chi connectivity index (χ3v) is 3.50. The van der Waals surface area contributed by atoms with Gasteiger partial charge in [-0.25, -0.2) is 9.18 Å². The molecule has 1 saturated carbocycles. The highest BCUT2D eigenvalue weighted by Gasteiger charge is 2.30. The maximum absolute atomic E-state index is 13.3. The number of rotatable bonds is 4. The second-order valence-corrected chi connectivity index (χ2v) is 5.13. The standard InChI is InChI=1S/C17H16FNO2/c1-2-21-17(20)14-8-9-15(19-16(14)11-6-7-11)12-4-3-5-13(18)10-12/h3-5,8-11H,2,6-7H2,1H3. The first-order chi connectivity index (χ1) is 10.2. The van der Waals surface area contributed by atoms with Crippen LogP contribution in [0.2, 0.25) is 0 Å². The maximum Gasteiger partial charge on any atom is 0.339 e. The Morgan fingerprint density at radius 3 is 2.81 bits per heavy atom. The summed E-state index contributed by atoms with van der Waals surface area (Å²) < 4.78 is 18.4. The Hall–Kier alpha value is -2.23. The van der Waals surface area contributed by atoms with Gasteiger partial charge in [-0.2, -0.15) is 0 Å². The highest BCUT2D eigenvalue weighted by molar-refractivity contribution is 5.91. The van der Waals surface area contributed by atoms with Gasteiger partial charge in [0.2, 0.25) is 0 Å². The van der Waals surface area contributed by atoms with Crippen molar-refractivity contribution in [3.05, 3.63) is 53.5 Å². The number of hydrogen-bond acceptors (Lipinski definition) is 3. The van der Waals surface area contributed by atoms with Crippen molar-refractivity contribution in [1.29, 1.82) is 0 Å². The Labute approximate surface area is 122 Å². The summed E-state index contributed by atoms with van der Waals surface area (Å²) in [5.41, 5.74) is 2.70. The summed E-state index contributed by atoms with van der Waals surface area (Å²) in [6, 6.07) is 9.79. The molecule has 2 aromatic rings. The highest BCUT2D eigenvalue weighted by atomic mass is 19.1. The fraction of sp³-hybridized carbons (Fsp3) is 0.294. The summed E-state index contributed by atoms with van der Waals surface area (Å²) in [6.07, 6.45) is 2.07. The van der Waals surface area contributed by atoms with Crippen LogP contribution in [0.5, 0.6) is 0 Å². The highest BCUT2D eigenvalue weighted by Crippen LogP contribution is 2.41. The summed E-state index contributed by atoms with van der Waals surface area (Å²) in [6.45, 7) is 2.12. The van der Waals surface area contributed by atoms with Crippen molar-refractivity contribution in [2.24, 2.45) is 0 Å². The van der Waals surface area contributed by atoms with Crippen LogP contribution in [0.1, 0.15) is 41.7 Å². The molecule has 1 aliphatic rings. The van der Waals surface area contributed by atoms with Gasteiger partial charge in [0.15, 0.2) is 0 Å². The quantitative estimate of drug-likeness (QED) is 0.799. The van der Waals surface area contributed by atoms with Gasteiger partial charge < -0.3 is 4.74 Å². The zero-order valence-electron chi connectivity index (χ0n) is 11.8. The lowest BCUT2D eigenvalue weighted by Gasteiger charge is -2.10. The molecule has 1 fully saturated rings. The minimum Gasteiger partial charge on any atom is -0.462 e. The number of halogens is 1. The van der Waals surface area contributed by atoms with E-state index >= 15 is 0 Å². The van der Waals surface area contributed by atoms with Crippen molar-refractivity contribution in [3.8, 4) is 11.3 Å². The molecule has 4 heteroatoms. The molecule has 1 aromatic heterocycles. The smallest absolute Gasteiger partial charge is 0.339 e. The lowest BCUT2D eigenvalue weighted by molar-refractivity contribution is 0.0524. The minimum absolute atomic E-state index is 0.295. The molecule has 0 amide bonds. The lowest BCUT2D eigenvalue weighted by atomic mass is 10.1. The molecule has 1 aliphatic carbocycles. The van der Waals surface area contributed by atoms with Crippen molar-refractivity contribution < 1.29 is 13.9 Å². The minimum atomic E-state index is -0.335. The molecule has 0 aliphatic heterocycles. The van der Waals surface area contributed by atoms with Crippen LogP contribution in [0.15, 0.2) is 36.4 Å². The van der Waals surface area contributed by atoms with E-state index in [1.807, 2.05) is 6.07 Å². The van der Waals surface area contributed by atoms with Crippen LogP contribution in [0.3, 0.4) is 0 Å². The van der Waals surface area contributed by atoms with E-state index in [0.717, 1.165) is 18.5 Å². The van der Waals surface area contributed by atoms with Gasteiger partial charge >= 0.3 is 5.97 Å². The number of carbonyl (C=O) groups is 1. The Kier molecular flexibility index (Phi) is 3.69. The first-order valence-corrected chi connectivity index (χ1v) is 7.13. The number of aromatic nitrogens is 1. The molecule has 21 heavy (non-hydrogen) atoms. The van der Waals surface area contributed by atoms with E-state index in [0.29, 0.717) is 29.3 Å². The Balaban J connectivity index is 2.01. The average Bonchev–Trinajstić information content (AvgIpc) is 3.31. The van der Waals surface area contributed by atoms with Crippen LogP contribution in [0, 0.1) is 5.82 Å². The number of hydrogen-bond donors (Lipinski definition) is 0. The number of carbonyl (C=O) groups excluding carboxylic acids is 1. The summed E-state index contributed by atoms with van der Waals surface area (Å²) in [7, 11) is 0. The van der Waals surface area contributed by atoms with Crippen LogP contribution >= 0.6 is 0 Å². The first kappa shape index (κ1) is 13.7. The Morgan fingerprint density at radius 1 is 1.33 bits per heavy atom. The molecule has 0 N–H and O–H groups in total. The van der Waals surface area contributed by atoms with E-state index in [1.165, 1.54) is 12.1 Å². The average molecular weight is 285 g/mol. The van der Waals surface area contributed by atoms with Gasteiger partial charge in [0, 0.05) is 11.5 Å². The number of pyridine rings is 1. The van der Waals surface area contributed by atoms with Crippen LogP contribution in [0.4, 0.5) is 4.39 Å². The number of esters is 1. The SMILES string of the molecule is CCOC(=O)c1ccc(-c2cccc(F)c2)nc1C1CC1. The number of ether oxygens (including phenoxy) is 1. The molecule has 0 radical (unpaired) electrons. The fourth-order valence-electron chi connectivity index (χ4n) is 2.33. The van der Waals surface area contributed by atoms with E-state index in [2.05, 4.69) is 4.98 Å². The molecule has 0 saturated heterocycles. The molecule has 1 heterocycles. The third-order valence-electron chi connectivity index (χ3n) is 3.50. The van der Waals surface area contributed by atoms with E-state index < -0.39 is 0 Å². The van der Waals surface area contributed by atoms with Crippen molar-refractivity contribution in [3.63, 3.8) is 0 Å². The van der Waals surface area contributed by atoms with E-state index in [9.17, 15) is 9.18 Å². The molecule has 0 bridgehead atoms. The molecule has 3 rings (SSSR count). The van der Waals surface area contributed by atoms with E-state index in [4.69, 9.17) is 4.74 Å². The van der Waals surface area contributed by atoms with Gasteiger partial charge in [-0.3, -0.25) is 4.98 Å². The molecule has 0 unspecified atom stereocenters. The lowest BCUT2D eigenvalue weighted by Crippen LogP contribution is -2.09. The molecule has 108 valence electrons. The molecular weight excluding hydrogens is 269 g/mol. The monoisotopic (exact) mass is 285 g/mol. The van der Waals surface area contributed by atoms with Gasteiger partial charge in [-0.15, -0.1) is 0 Å². The fourth-order valence-corrected chi connectivity index (χ4v) is 2.33. The number of benzene rings is 1. The van der Waals surface area contributed by atoms with E-state index in [1.54, 1.807) is 25.1 Å². The van der Waals surface area contributed by atoms with Crippen LogP contribution in [0.25, 0.3) is 11.3 Å². The van der Waals surface area contributed by atoms with Gasteiger partial charge in [-0.05, 0) is 44.0 Å². The number of nitrogens with zero attached hydrogens (tertiary/aromatic N) is 1. The van der Waals surface area contributed by atoms with Crippen molar-refractivity contribution >= 4 is 5.97 Å². The van der Waals surface area contributed by atoms with Crippen LogP contribution in [-0.2, 0) is 4.74 Å². The van der Waals surface area contributed by atoms with Crippen molar-refractivity contribution in [2.75, 3.05) is 6.61 Å². The predicted octanol–water partition coefficient (Wildman–Crippen LogP) is 3.94. The van der Waals surface area contributed by atoms with Gasteiger partial charge in [0.05, 0.1) is 23.6 Å². The summed E-state index contributed by atoms with van der Waals surface area (Å²) in [5, 5.41) is 0. The Bertz CT molecular complexity index is 680. The topological polar surface area (TPSA) is 39.2 Å². The second kappa shape index (κ2) is 5.64. The van der Waals surface area contributed by atoms with E-state index in [-0.39, 0.29) is 11.8 Å². The summed E-state index contributed by atoms with van der Waals surface area (Å²) in [4.78, 5) is 16.6. The van der Waals surface area contributed by atoms with Crippen LogP contribution < -0.4 is 0 Å². The normalized spacial score (nSPS) is 14.0. The second-order valence-electron chi connectivity index (χ2n) is 5.13. The third kappa shape index (κ3) is 2.94. The van der Waals surface area contributed by atoms with Crippen LogP contribution in [-0.4, -0.2) is 17.6 Å². The first-order valence-electron chi connectivity index (χ1n) is 7.13. The molecule has 0 atom stereocenters. The maximum atomic E-state index is 13.3. The van der Waals surface area contributed by atoms with Gasteiger partial charge in [-0.1, -0.05) is 12.1 Å². The molecule has 0 spiro atoms. The zero-order chi connectivity index (χ0) is 14.8. The molecular formula is C17H16FNO2. The van der Waals surface area contributed by atoms with Crippen molar-refractivity contribution in [2.45, 2.75) is 25.7 Å².